The summed E-state index contributed by atoms with van der Waals surface area (Å²) in [4.78, 5) is 23.6. The van der Waals surface area contributed by atoms with E-state index in [2.05, 4.69) is 5.32 Å². The van der Waals surface area contributed by atoms with Crippen molar-refractivity contribution in [3.63, 3.8) is 0 Å². The first-order valence-corrected chi connectivity index (χ1v) is 6.97. The zero-order chi connectivity index (χ0) is 15.6. The number of methoxy groups -OCH3 is 1. The fourth-order valence-corrected chi connectivity index (χ4v) is 2.35. The molecule has 0 spiro atoms. The van der Waals surface area contributed by atoms with E-state index in [4.69, 9.17) is 4.74 Å². The first kappa shape index (κ1) is 15.5. The Hall–Kier alpha value is -1.91. The molecule has 1 N–H and O–H groups in total. The molecule has 0 radical (unpaired) electrons. The number of esters is 1. The van der Waals surface area contributed by atoms with Crippen molar-refractivity contribution in [1.82, 2.24) is 5.32 Å². The number of amides is 1. The van der Waals surface area contributed by atoms with E-state index in [1.54, 1.807) is 26.0 Å². The van der Waals surface area contributed by atoms with Crippen LogP contribution in [0.4, 0.5) is 4.39 Å². The van der Waals surface area contributed by atoms with Gasteiger partial charge in [-0.25, -0.2) is 4.39 Å². The summed E-state index contributed by atoms with van der Waals surface area (Å²) in [7, 11) is 1.33. The number of rotatable bonds is 5. The standard InChI is InChI=1S/C16H20FNO3/c1-16(2,15(20)21-3)9-18-14(19)13-8-12(13)10-4-6-11(17)7-5-10/h4-7,12-13H,8-9H2,1-3H3,(H,18,19)/t12-,13+/m0/s1. The van der Waals surface area contributed by atoms with Gasteiger partial charge >= 0.3 is 5.97 Å². The number of carbonyl (C=O) groups excluding carboxylic acids is 2. The number of halogens is 1. The molecule has 1 aromatic rings. The largest absolute Gasteiger partial charge is 0.469 e. The van der Waals surface area contributed by atoms with Gasteiger partial charge in [-0.3, -0.25) is 9.59 Å². The van der Waals surface area contributed by atoms with E-state index >= 15 is 0 Å². The van der Waals surface area contributed by atoms with Crippen molar-refractivity contribution in [2.24, 2.45) is 11.3 Å². The quantitative estimate of drug-likeness (QED) is 0.847. The lowest BCUT2D eigenvalue weighted by Gasteiger charge is -2.21. The molecule has 1 aromatic carbocycles. The molecule has 4 nitrogen and oxygen atoms in total. The number of benzene rings is 1. The smallest absolute Gasteiger partial charge is 0.313 e. The Morgan fingerprint density at radius 3 is 2.52 bits per heavy atom. The van der Waals surface area contributed by atoms with Crippen molar-refractivity contribution in [3.8, 4) is 0 Å². The normalized spacial score (nSPS) is 20.8. The third kappa shape index (κ3) is 3.60. The fourth-order valence-electron chi connectivity index (χ4n) is 2.35. The van der Waals surface area contributed by atoms with Crippen LogP contribution in [0.5, 0.6) is 0 Å². The van der Waals surface area contributed by atoms with Crippen molar-refractivity contribution < 1.29 is 18.7 Å². The van der Waals surface area contributed by atoms with Gasteiger partial charge in [-0.15, -0.1) is 0 Å². The van der Waals surface area contributed by atoms with E-state index in [0.29, 0.717) is 0 Å². The molecule has 1 aliphatic rings. The predicted molar refractivity (Wildman–Crippen MR) is 76.1 cm³/mol. The highest BCUT2D eigenvalue weighted by Gasteiger charge is 2.44. The lowest BCUT2D eigenvalue weighted by Crippen LogP contribution is -2.40. The maximum Gasteiger partial charge on any atom is 0.313 e. The second kappa shape index (κ2) is 5.84. The summed E-state index contributed by atoms with van der Waals surface area (Å²) < 4.78 is 17.6. The maximum atomic E-state index is 12.9. The lowest BCUT2D eigenvalue weighted by molar-refractivity contribution is -0.150. The Kier molecular flexibility index (Phi) is 4.30. The van der Waals surface area contributed by atoms with Crippen LogP contribution in [0.25, 0.3) is 0 Å². The van der Waals surface area contributed by atoms with E-state index in [1.165, 1.54) is 19.2 Å². The van der Waals surface area contributed by atoms with Crippen LogP contribution in [0.15, 0.2) is 24.3 Å². The van der Waals surface area contributed by atoms with Crippen LogP contribution in [0.2, 0.25) is 0 Å². The molecular formula is C16H20FNO3. The summed E-state index contributed by atoms with van der Waals surface area (Å²) in [5.41, 5.74) is 0.230. The third-order valence-corrected chi connectivity index (χ3v) is 3.87. The molecule has 1 saturated carbocycles. The van der Waals surface area contributed by atoms with Gasteiger partial charge in [0, 0.05) is 12.5 Å². The highest BCUT2D eigenvalue weighted by Crippen LogP contribution is 2.47. The highest BCUT2D eigenvalue weighted by atomic mass is 19.1. The summed E-state index contributed by atoms with van der Waals surface area (Å²) in [6.07, 6.45) is 0.760. The Balaban J connectivity index is 1.86. The predicted octanol–water partition coefficient (Wildman–Crippen LogP) is 2.24. The molecule has 0 aliphatic heterocycles. The molecule has 0 saturated heterocycles. The molecule has 114 valence electrons. The van der Waals surface area contributed by atoms with Crippen LogP contribution in [0, 0.1) is 17.2 Å². The molecule has 1 amide bonds. The minimum absolute atomic E-state index is 0.0682. The van der Waals surface area contributed by atoms with Crippen molar-refractivity contribution in [1.29, 1.82) is 0 Å². The molecule has 0 heterocycles. The van der Waals surface area contributed by atoms with Crippen molar-refractivity contribution in [2.75, 3.05) is 13.7 Å². The Labute approximate surface area is 123 Å². The molecule has 0 unspecified atom stereocenters. The molecule has 1 aliphatic carbocycles. The molecule has 21 heavy (non-hydrogen) atoms. The maximum absolute atomic E-state index is 12.9. The summed E-state index contributed by atoms with van der Waals surface area (Å²) in [6.45, 7) is 3.69. The van der Waals surface area contributed by atoms with Gasteiger partial charge in [-0.05, 0) is 43.9 Å². The van der Waals surface area contributed by atoms with Crippen LogP contribution in [-0.2, 0) is 14.3 Å². The molecule has 0 bridgehead atoms. The SMILES string of the molecule is COC(=O)C(C)(C)CNC(=O)[C@@H]1C[C@H]1c1ccc(F)cc1. The zero-order valence-electron chi connectivity index (χ0n) is 12.5. The average Bonchev–Trinajstić information content (AvgIpc) is 3.25. The topological polar surface area (TPSA) is 55.4 Å². The molecule has 1 fully saturated rings. The number of hydrogen-bond donors (Lipinski definition) is 1. The minimum Gasteiger partial charge on any atom is -0.469 e. The first-order chi connectivity index (χ1) is 9.85. The van der Waals surface area contributed by atoms with E-state index < -0.39 is 5.41 Å². The highest BCUT2D eigenvalue weighted by molar-refractivity contribution is 5.84. The van der Waals surface area contributed by atoms with Gasteiger partial charge in [0.2, 0.25) is 5.91 Å². The van der Waals surface area contributed by atoms with Gasteiger partial charge in [-0.1, -0.05) is 12.1 Å². The van der Waals surface area contributed by atoms with Crippen LogP contribution in [0.1, 0.15) is 31.7 Å². The monoisotopic (exact) mass is 293 g/mol. The summed E-state index contributed by atoms with van der Waals surface area (Å²) >= 11 is 0. The van der Waals surface area contributed by atoms with Crippen LogP contribution in [-0.4, -0.2) is 25.5 Å². The van der Waals surface area contributed by atoms with Gasteiger partial charge in [0.1, 0.15) is 5.82 Å². The number of carbonyl (C=O) groups is 2. The Morgan fingerprint density at radius 2 is 1.95 bits per heavy atom. The first-order valence-electron chi connectivity index (χ1n) is 6.97. The van der Waals surface area contributed by atoms with Gasteiger partial charge < -0.3 is 10.1 Å². The molecular weight excluding hydrogens is 273 g/mol. The van der Waals surface area contributed by atoms with Crippen molar-refractivity contribution in [3.05, 3.63) is 35.6 Å². The van der Waals surface area contributed by atoms with E-state index in [1.807, 2.05) is 0 Å². The average molecular weight is 293 g/mol. The molecule has 5 heteroatoms. The summed E-state index contributed by atoms with van der Waals surface area (Å²) in [5, 5.41) is 2.80. The van der Waals surface area contributed by atoms with Crippen molar-refractivity contribution in [2.45, 2.75) is 26.2 Å². The van der Waals surface area contributed by atoms with E-state index in [0.717, 1.165) is 12.0 Å². The number of ether oxygens (including phenoxy) is 1. The second-order valence-electron chi connectivity index (χ2n) is 6.09. The zero-order valence-corrected chi connectivity index (χ0v) is 12.5. The fraction of sp³-hybridized carbons (Fsp3) is 0.500. The third-order valence-electron chi connectivity index (χ3n) is 3.87. The van der Waals surface area contributed by atoms with Crippen LogP contribution in [0.3, 0.4) is 0 Å². The van der Waals surface area contributed by atoms with Gasteiger partial charge in [0.15, 0.2) is 0 Å². The van der Waals surface area contributed by atoms with E-state index in [-0.39, 0.29) is 36.1 Å². The summed E-state index contributed by atoms with van der Waals surface area (Å²) in [6, 6.07) is 6.24. The van der Waals surface area contributed by atoms with Gasteiger partial charge in [-0.2, -0.15) is 0 Å². The number of nitrogens with one attached hydrogen (secondary N) is 1. The van der Waals surface area contributed by atoms with Crippen molar-refractivity contribution >= 4 is 11.9 Å². The van der Waals surface area contributed by atoms with E-state index in [9.17, 15) is 14.0 Å². The number of hydrogen-bond acceptors (Lipinski definition) is 3. The van der Waals surface area contributed by atoms with Gasteiger partial charge in [0.25, 0.3) is 0 Å². The Morgan fingerprint density at radius 1 is 1.33 bits per heavy atom. The lowest BCUT2D eigenvalue weighted by atomic mass is 9.93. The van der Waals surface area contributed by atoms with Gasteiger partial charge in [0.05, 0.1) is 12.5 Å². The summed E-state index contributed by atoms with van der Waals surface area (Å²) in [5.74, 6) is -0.647. The molecule has 2 atom stereocenters. The Bertz CT molecular complexity index is 539. The molecule has 0 aromatic heterocycles. The van der Waals surface area contributed by atoms with Crippen LogP contribution >= 0.6 is 0 Å². The second-order valence-corrected chi connectivity index (χ2v) is 6.09. The molecule has 2 rings (SSSR count). The van der Waals surface area contributed by atoms with Crippen LogP contribution < -0.4 is 5.32 Å². The minimum atomic E-state index is -0.745.